The van der Waals surface area contributed by atoms with Crippen LogP contribution in [-0.4, -0.2) is 30.1 Å². The molecule has 2 amide bonds. The number of hydrogen-bond acceptors (Lipinski definition) is 5. The van der Waals surface area contributed by atoms with Crippen molar-refractivity contribution in [1.82, 2.24) is 5.01 Å². The van der Waals surface area contributed by atoms with E-state index in [9.17, 15) is 14.0 Å². The molecule has 2 aliphatic carbocycles. The molecular weight excluding hydrogens is 559 g/mol. The van der Waals surface area contributed by atoms with Crippen molar-refractivity contribution in [2.24, 2.45) is 28.8 Å². The fourth-order valence-electron chi connectivity index (χ4n) is 4.89. The molecule has 0 unspecified atom stereocenters. The quantitative estimate of drug-likeness (QED) is 0.273. The summed E-state index contributed by atoms with van der Waals surface area (Å²) in [7, 11) is 1.50. The highest BCUT2D eigenvalue weighted by Crippen LogP contribution is 2.52. The molecule has 3 aliphatic rings. The minimum absolute atomic E-state index is 0.132. The summed E-state index contributed by atoms with van der Waals surface area (Å²) in [5.74, 6) is -0.308. The maximum absolute atomic E-state index is 13.5. The van der Waals surface area contributed by atoms with Gasteiger partial charge < -0.3 is 9.47 Å². The average Bonchev–Trinajstić information content (AvgIpc) is 3.48. The van der Waals surface area contributed by atoms with Crippen LogP contribution in [0.25, 0.3) is 0 Å². The number of carbonyl (C=O) groups excluding carboxylic acids is 2. The molecular formula is C24H19Br2FN2O4. The predicted molar refractivity (Wildman–Crippen MR) is 126 cm³/mol. The number of carbonyl (C=O) groups is 2. The highest BCUT2D eigenvalue weighted by atomic mass is 79.9. The van der Waals surface area contributed by atoms with Gasteiger partial charge in [-0.15, -0.1) is 0 Å². The first-order chi connectivity index (χ1) is 15.9. The second kappa shape index (κ2) is 8.68. The number of amides is 2. The summed E-state index contributed by atoms with van der Waals surface area (Å²) in [6.07, 6.45) is 6.42. The van der Waals surface area contributed by atoms with E-state index >= 15 is 0 Å². The van der Waals surface area contributed by atoms with E-state index in [2.05, 4.69) is 37.0 Å². The van der Waals surface area contributed by atoms with E-state index in [4.69, 9.17) is 9.47 Å². The number of imide groups is 1. The Balaban J connectivity index is 1.38. The van der Waals surface area contributed by atoms with Crippen LogP contribution >= 0.6 is 31.9 Å². The van der Waals surface area contributed by atoms with Crippen molar-refractivity contribution in [3.8, 4) is 11.5 Å². The third kappa shape index (κ3) is 3.81. The van der Waals surface area contributed by atoms with Crippen LogP contribution in [0.3, 0.4) is 0 Å². The van der Waals surface area contributed by atoms with E-state index in [1.54, 1.807) is 18.2 Å². The Morgan fingerprint density at radius 3 is 2.45 bits per heavy atom. The van der Waals surface area contributed by atoms with Gasteiger partial charge in [0.1, 0.15) is 12.4 Å². The van der Waals surface area contributed by atoms with Gasteiger partial charge in [-0.05, 0) is 73.9 Å². The van der Waals surface area contributed by atoms with E-state index in [0.29, 0.717) is 31.6 Å². The largest absolute Gasteiger partial charge is 0.493 e. The molecule has 0 radical (unpaired) electrons. The standard InChI is InChI=1S/C24H19Br2FN2O4/c1-32-17-9-15(20(25)21(26)22(17)33-11-12-3-2-4-16(27)7-12)10-28-29-23(30)18-13-5-6-14(8-13)19(18)24(29)31/h2-7,9-10,13-14,18-19H,8,11H2,1H3/t13-,14-,18-,19+/m0/s1. The SMILES string of the molecule is COc1cc(C=NN2C(=O)[C@@H]3[C@H](C2=O)[C@H]2C=C[C@H]3C2)c(Br)c(Br)c1OCc1cccc(F)c1. The van der Waals surface area contributed by atoms with Gasteiger partial charge in [-0.2, -0.15) is 10.1 Å². The lowest BCUT2D eigenvalue weighted by atomic mass is 9.85. The summed E-state index contributed by atoms with van der Waals surface area (Å²) < 4.78 is 26.0. The lowest BCUT2D eigenvalue weighted by Gasteiger charge is -2.16. The van der Waals surface area contributed by atoms with Gasteiger partial charge in [0.15, 0.2) is 11.5 Å². The second-order valence-corrected chi connectivity index (χ2v) is 9.86. The van der Waals surface area contributed by atoms with Crippen molar-refractivity contribution < 1.29 is 23.5 Å². The number of rotatable bonds is 6. The van der Waals surface area contributed by atoms with E-state index < -0.39 is 0 Å². The Bertz CT molecular complexity index is 1190. The zero-order chi connectivity index (χ0) is 23.3. The number of benzene rings is 2. The van der Waals surface area contributed by atoms with Crippen molar-refractivity contribution in [3.05, 3.63) is 68.4 Å². The van der Waals surface area contributed by atoms with Crippen molar-refractivity contribution in [2.75, 3.05) is 7.11 Å². The van der Waals surface area contributed by atoms with Gasteiger partial charge in [0.2, 0.25) is 0 Å². The number of fused-ring (bicyclic) bond motifs is 5. The first kappa shape index (κ1) is 22.3. The molecule has 170 valence electrons. The summed E-state index contributed by atoms with van der Waals surface area (Å²) in [5.41, 5.74) is 1.27. The third-order valence-electron chi connectivity index (χ3n) is 6.41. The number of allylic oxidation sites excluding steroid dienone is 2. The molecule has 2 bridgehead atoms. The lowest BCUT2D eigenvalue weighted by molar-refractivity contribution is -0.140. The van der Waals surface area contributed by atoms with Gasteiger partial charge in [-0.3, -0.25) is 9.59 Å². The number of ether oxygens (including phenoxy) is 2. The molecule has 1 saturated heterocycles. The van der Waals surface area contributed by atoms with Gasteiger partial charge in [-0.1, -0.05) is 24.3 Å². The Kier molecular flexibility index (Phi) is 5.86. The Labute approximate surface area is 206 Å². The zero-order valence-electron chi connectivity index (χ0n) is 17.5. The van der Waals surface area contributed by atoms with E-state index in [1.165, 1.54) is 25.5 Å². The normalized spacial score (nSPS) is 25.4. The van der Waals surface area contributed by atoms with Crippen molar-refractivity contribution in [2.45, 2.75) is 13.0 Å². The summed E-state index contributed by atoms with van der Waals surface area (Å²) >= 11 is 7.03. The number of nitrogens with zero attached hydrogens (tertiary/aromatic N) is 2. The van der Waals surface area contributed by atoms with Crippen LogP contribution in [0.5, 0.6) is 11.5 Å². The van der Waals surface area contributed by atoms with E-state index in [0.717, 1.165) is 11.4 Å². The van der Waals surface area contributed by atoms with Crippen LogP contribution < -0.4 is 9.47 Å². The molecule has 33 heavy (non-hydrogen) atoms. The molecule has 2 aromatic rings. The Hall–Kier alpha value is -2.52. The molecule has 1 saturated carbocycles. The predicted octanol–water partition coefficient (Wildman–Crippen LogP) is 5.08. The fourth-order valence-corrected chi connectivity index (χ4v) is 5.82. The van der Waals surface area contributed by atoms with E-state index in [1.807, 2.05) is 12.2 Å². The molecule has 1 heterocycles. The Morgan fingerprint density at radius 1 is 1.12 bits per heavy atom. The molecule has 9 heteroatoms. The molecule has 0 spiro atoms. The Morgan fingerprint density at radius 2 is 1.82 bits per heavy atom. The van der Waals surface area contributed by atoms with Crippen molar-refractivity contribution >= 4 is 49.9 Å². The molecule has 2 fully saturated rings. The molecule has 4 atom stereocenters. The highest BCUT2D eigenvalue weighted by Gasteiger charge is 2.59. The van der Waals surface area contributed by atoms with Crippen molar-refractivity contribution in [3.63, 3.8) is 0 Å². The van der Waals surface area contributed by atoms with Gasteiger partial charge >= 0.3 is 0 Å². The molecule has 6 nitrogen and oxygen atoms in total. The maximum atomic E-state index is 13.5. The zero-order valence-corrected chi connectivity index (χ0v) is 20.7. The third-order valence-corrected chi connectivity index (χ3v) is 8.55. The topological polar surface area (TPSA) is 68.2 Å². The van der Waals surface area contributed by atoms with E-state index in [-0.39, 0.29) is 47.9 Å². The van der Waals surface area contributed by atoms with Crippen LogP contribution in [0.2, 0.25) is 0 Å². The van der Waals surface area contributed by atoms with Gasteiger partial charge in [0.25, 0.3) is 11.8 Å². The van der Waals surface area contributed by atoms with Crippen LogP contribution in [0.15, 0.2) is 56.5 Å². The van der Waals surface area contributed by atoms with Gasteiger partial charge in [0, 0.05) is 10.0 Å². The van der Waals surface area contributed by atoms with Crippen LogP contribution in [-0.2, 0) is 16.2 Å². The number of hydrogen-bond donors (Lipinski definition) is 0. The van der Waals surface area contributed by atoms with Gasteiger partial charge in [-0.25, -0.2) is 4.39 Å². The molecule has 0 aromatic heterocycles. The first-order valence-corrected chi connectivity index (χ1v) is 12.0. The van der Waals surface area contributed by atoms with Crippen LogP contribution in [0.4, 0.5) is 4.39 Å². The monoisotopic (exact) mass is 576 g/mol. The summed E-state index contributed by atoms with van der Waals surface area (Å²) in [6, 6.07) is 7.84. The summed E-state index contributed by atoms with van der Waals surface area (Å²) in [4.78, 5) is 25.7. The highest BCUT2D eigenvalue weighted by molar-refractivity contribution is 9.13. The number of hydrazone groups is 1. The fraction of sp³-hybridized carbons (Fsp3) is 0.292. The lowest BCUT2D eigenvalue weighted by Crippen LogP contribution is -2.28. The summed E-state index contributed by atoms with van der Waals surface area (Å²) in [6.45, 7) is 0.141. The minimum atomic E-state index is -0.339. The number of methoxy groups -OCH3 is 1. The first-order valence-electron chi connectivity index (χ1n) is 10.4. The van der Waals surface area contributed by atoms with Gasteiger partial charge in [0.05, 0.1) is 29.6 Å². The molecule has 0 N–H and O–H groups in total. The van der Waals surface area contributed by atoms with Crippen LogP contribution in [0, 0.1) is 29.5 Å². The smallest absolute Gasteiger partial charge is 0.254 e. The average molecular weight is 578 g/mol. The maximum Gasteiger partial charge on any atom is 0.254 e. The molecule has 2 aromatic carbocycles. The molecule has 5 rings (SSSR count). The van der Waals surface area contributed by atoms with Crippen molar-refractivity contribution in [1.29, 1.82) is 0 Å². The second-order valence-electron chi connectivity index (χ2n) is 8.28. The molecule has 1 aliphatic heterocycles. The van der Waals surface area contributed by atoms with Crippen LogP contribution in [0.1, 0.15) is 17.5 Å². The minimum Gasteiger partial charge on any atom is -0.493 e. The summed E-state index contributed by atoms with van der Waals surface area (Å²) in [5, 5.41) is 5.24. The number of halogens is 3.